The molecule has 0 aliphatic rings. The van der Waals surface area contributed by atoms with E-state index in [0.29, 0.717) is 0 Å². The second-order valence-corrected chi connectivity index (χ2v) is 3.62. The first-order valence-electron chi connectivity index (χ1n) is 4.64. The molecule has 2 aromatic rings. The summed E-state index contributed by atoms with van der Waals surface area (Å²) in [4.78, 5) is 10.8. The minimum Gasteiger partial charge on any atom is -0.691 e. The number of hydrogen-bond donors (Lipinski definition) is 0. The van der Waals surface area contributed by atoms with E-state index in [0.717, 1.165) is 10.4 Å². The van der Waals surface area contributed by atoms with Crippen LogP contribution in [0.2, 0.25) is 5.15 Å². The SMILES string of the molecule is O=[N+]([O-])c1nn(Cc2ccccc2)[n+]([O-])c1Cl. The van der Waals surface area contributed by atoms with Crippen LogP contribution < -0.4 is 4.85 Å². The molecule has 0 radical (unpaired) electrons. The van der Waals surface area contributed by atoms with Crippen LogP contribution in [-0.4, -0.2) is 14.8 Å². The van der Waals surface area contributed by atoms with E-state index in [-0.39, 0.29) is 11.4 Å². The van der Waals surface area contributed by atoms with Gasteiger partial charge in [0.2, 0.25) is 0 Å². The number of rotatable bonds is 3. The Morgan fingerprint density at radius 1 is 1.41 bits per heavy atom. The molecule has 0 aliphatic heterocycles. The van der Waals surface area contributed by atoms with Crippen LogP contribution in [0.4, 0.5) is 5.82 Å². The Labute approximate surface area is 101 Å². The molecule has 0 unspecified atom stereocenters. The molecule has 1 aromatic carbocycles. The number of nitrogens with zero attached hydrogens (tertiary/aromatic N) is 4. The molecule has 8 heteroatoms. The Morgan fingerprint density at radius 3 is 2.59 bits per heavy atom. The highest BCUT2D eigenvalue weighted by atomic mass is 35.5. The van der Waals surface area contributed by atoms with Gasteiger partial charge in [-0.3, -0.25) is 0 Å². The molecule has 0 aliphatic carbocycles. The fourth-order valence-electron chi connectivity index (χ4n) is 1.34. The summed E-state index contributed by atoms with van der Waals surface area (Å²) in [5.74, 6) is -0.641. The van der Waals surface area contributed by atoms with Gasteiger partial charge < -0.3 is 15.3 Å². The van der Waals surface area contributed by atoms with Crippen LogP contribution >= 0.6 is 11.6 Å². The first-order chi connectivity index (χ1) is 8.09. The van der Waals surface area contributed by atoms with Crippen LogP contribution in [0.5, 0.6) is 0 Å². The van der Waals surface area contributed by atoms with Crippen molar-refractivity contribution in [3.63, 3.8) is 0 Å². The molecule has 0 fully saturated rings. The number of hydrogen-bond acceptors (Lipinski definition) is 4. The van der Waals surface area contributed by atoms with Crippen LogP contribution in [0.25, 0.3) is 0 Å². The maximum Gasteiger partial charge on any atom is 0.453 e. The van der Waals surface area contributed by atoms with E-state index in [1.165, 1.54) is 0 Å². The molecular formula is C9H7ClN4O3. The molecule has 2 rings (SSSR count). The van der Waals surface area contributed by atoms with E-state index in [4.69, 9.17) is 11.6 Å². The Kier molecular flexibility index (Phi) is 2.92. The van der Waals surface area contributed by atoms with Gasteiger partial charge in [-0.1, -0.05) is 30.3 Å². The molecule has 17 heavy (non-hydrogen) atoms. The molecule has 88 valence electrons. The summed E-state index contributed by atoms with van der Waals surface area (Å²) in [5, 5.41) is 25.0. The average Bonchev–Trinajstić information content (AvgIpc) is 2.59. The lowest BCUT2D eigenvalue weighted by Crippen LogP contribution is -2.38. The van der Waals surface area contributed by atoms with Gasteiger partial charge in [-0.25, -0.2) is 0 Å². The Bertz CT molecular complexity index is 555. The number of aromatic nitrogens is 3. The van der Waals surface area contributed by atoms with Crippen LogP contribution in [-0.2, 0) is 6.54 Å². The number of halogens is 1. The van der Waals surface area contributed by atoms with Crippen molar-refractivity contribution in [3.05, 3.63) is 56.4 Å². The maximum absolute atomic E-state index is 11.5. The first kappa shape index (κ1) is 11.3. The molecule has 7 nitrogen and oxygen atoms in total. The minimum atomic E-state index is -0.793. The summed E-state index contributed by atoms with van der Waals surface area (Å²) < 4.78 is 0. The van der Waals surface area contributed by atoms with Gasteiger partial charge in [0, 0.05) is 0 Å². The quantitative estimate of drug-likeness (QED) is 0.355. The van der Waals surface area contributed by atoms with Crippen molar-refractivity contribution in [2.24, 2.45) is 0 Å². The third-order valence-corrected chi connectivity index (χ3v) is 2.43. The lowest BCUT2D eigenvalue weighted by atomic mass is 10.2. The predicted molar refractivity (Wildman–Crippen MR) is 58.4 cm³/mol. The topological polar surface area (TPSA) is 87.9 Å². The van der Waals surface area contributed by atoms with Crippen LogP contribution in [0, 0.1) is 15.3 Å². The highest BCUT2D eigenvalue weighted by molar-refractivity contribution is 6.30. The third-order valence-electron chi connectivity index (χ3n) is 2.11. The van der Waals surface area contributed by atoms with Crippen molar-refractivity contribution in [2.75, 3.05) is 0 Å². The summed E-state index contributed by atoms with van der Waals surface area (Å²) >= 11 is 5.50. The zero-order chi connectivity index (χ0) is 12.4. The van der Waals surface area contributed by atoms with Crippen molar-refractivity contribution in [1.29, 1.82) is 0 Å². The van der Waals surface area contributed by atoms with Crippen molar-refractivity contribution < 1.29 is 9.77 Å². The lowest BCUT2D eigenvalue weighted by molar-refractivity contribution is -0.697. The monoisotopic (exact) mass is 254 g/mol. The van der Waals surface area contributed by atoms with E-state index in [1.54, 1.807) is 24.3 Å². The van der Waals surface area contributed by atoms with E-state index >= 15 is 0 Å². The Balaban J connectivity index is 2.34. The highest BCUT2D eigenvalue weighted by Crippen LogP contribution is 2.16. The molecule has 1 aromatic heterocycles. The van der Waals surface area contributed by atoms with Gasteiger partial charge in [-0.2, -0.15) is 0 Å². The molecule has 0 amide bonds. The molecule has 0 saturated heterocycles. The third kappa shape index (κ3) is 2.18. The first-order valence-corrected chi connectivity index (χ1v) is 5.02. The van der Waals surface area contributed by atoms with Crippen LogP contribution in [0.1, 0.15) is 5.56 Å². The second-order valence-electron chi connectivity index (χ2n) is 3.26. The van der Waals surface area contributed by atoms with Crippen molar-refractivity contribution >= 4 is 17.4 Å². The van der Waals surface area contributed by atoms with Crippen molar-refractivity contribution in [3.8, 4) is 0 Å². The predicted octanol–water partition coefficient (Wildman–Crippen LogP) is 1.13. The van der Waals surface area contributed by atoms with Crippen LogP contribution in [0.15, 0.2) is 30.3 Å². The molecule has 0 atom stereocenters. The largest absolute Gasteiger partial charge is 0.691 e. The standard InChI is InChI=1S/C9H7ClN4O3/c10-8-9(14(16)17)11-12(13(8)15)6-7-4-2-1-3-5-7/h1-5H,6H2. The molecular weight excluding hydrogens is 248 g/mol. The minimum absolute atomic E-state index is 0.123. The van der Waals surface area contributed by atoms with E-state index in [1.807, 2.05) is 6.07 Å². The van der Waals surface area contributed by atoms with Crippen molar-refractivity contribution in [2.45, 2.75) is 6.54 Å². The summed E-state index contributed by atoms with van der Waals surface area (Å²) in [6.45, 7) is 0.123. The van der Waals surface area contributed by atoms with Gasteiger partial charge in [0.25, 0.3) is 0 Å². The smallest absolute Gasteiger partial charge is 0.453 e. The molecule has 0 bridgehead atoms. The lowest BCUT2D eigenvalue weighted by Gasteiger charge is -2.02. The fourth-order valence-corrected chi connectivity index (χ4v) is 1.53. The van der Waals surface area contributed by atoms with Gasteiger partial charge in [0.05, 0.1) is 0 Å². The summed E-state index contributed by atoms with van der Waals surface area (Å²) in [6.07, 6.45) is 0. The summed E-state index contributed by atoms with van der Waals surface area (Å²) in [5.41, 5.74) is 0.797. The number of nitro groups is 1. The van der Waals surface area contributed by atoms with Crippen LogP contribution in [0.3, 0.4) is 0 Å². The van der Waals surface area contributed by atoms with E-state index in [2.05, 4.69) is 5.10 Å². The summed E-state index contributed by atoms with van der Waals surface area (Å²) in [6, 6.07) is 8.98. The molecule has 1 heterocycles. The Hall–Kier alpha value is -2.15. The van der Waals surface area contributed by atoms with Gasteiger partial charge in [-0.15, -0.1) is 4.85 Å². The zero-order valence-corrected chi connectivity index (χ0v) is 9.24. The number of benzene rings is 1. The van der Waals surface area contributed by atoms with E-state index < -0.39 is 15.9 Å². The van der Waals surface area contributed by atoms with Crippen molar-refractivity contribution in [1.82, 2.24) is 9.90 Å². The molecule has 0 spiro atoms. The molecule has 0 saturated carbocycles. The van der Waals surface area contributed by atoms with Gasteiger partial charge in [0.1, 0.15) is 11.6 Å². The average molecular weight is 255 g/mol. The van der Waals surface area contributed by atoms with Gasteiger partial charge in [0.15, 0.2) is 0 Å². The van der Waals surface area contributed by atoms with Gasteiger partial charge in [-0.05, 0) is 26.9 Å². The highest BCUT2D eigenvalue weighted by Gasteiger charge is 2.26. The van der Waals surface area contributed by atoms with E-state index in [9.17, 15) is 15.3 Å². The maximum atomic E-state index is 11.5. The fraction of sp³-hybridized carbons (Fsp3) is 0.111. The second kappa shape index (κ2) is 4.38. The Morgan fingerprint density at radius 2 is 2.06 bits per heavy atom. The zero-order valence-electron chi connectivity index (χ0n) is 8.49. The summed E-state index contributed by atoms with van der Waals surface area (Å²) in [7, 11) is 0. The van der Waals surface area contributed by atoms with Gasteiger partial charge >= 0.3 is 11.0 Å². The normalized spacial score (nSPS) is 10.4. The molecule has 0 N–H and O–H groups in total.